The molecular formula is C17H20N4O4S. The summed E-state index contributed by atoms with van der Waals surface area (Å²) in [7, 11) is -3.65. The number of sulfonamides is 1. The second kappa shape index (κ2) is 7.48. The first-order chi connectivity index (χ1) is 12.4. The number of hydrogen-bond acceptors (Lipinski definition) is 6. The molecule has 1 N–H and O–H groups in total. The van der Waals surface area contributed by atoms with E-state index in [4.69, 9.17) is 4.74 Å². The number of aromatic nitrogens is 2. The zero-order chi connectivity index (χ0) is 18.7. The minimum atomic E-state index is -3.65. The highest BCUT2D eigenvalue weighted by molar-refractivity contribution is 7.89. The van der Waals surface area contributed by atoms with Gasteiger partial charge in [0.15, 0.2) is 0 Å². The van der Waals surface area contributed by atoms with E-state index in [1.54, 1.807) is 26.0 Å². The van der Waals surface area contributed by atoms with E-state index >= 15 is 0 Å². The SMILES string of the molecule is Cc1cnc(C(=O)Nc2ccc(C)c(S(=O)(=O)N3CCOCC3)c2)cn1. The number of ether oxygens (including phenoxy) is 1. The Kier molecular flexibility index (Phi) is 5.30. The van der Waals surface area contributed by atoms with Crippen LogP contribution in [0.1, 0.15) is 21.7 Å². The predicted octanol–water partition coefficient (Wildman–Crippen LogP) is 1.37. The van der Waals surface area contributed by atoms with Gasteiger partial charge in [0.1, 0.15) is 5.69 Å². The molecule has 0 spiro atoms. The number of hydrogen-bond donors (Lipinski definition) is 1. The molecular weight excluding hydrogens is 356 g/mol. The molecule has 0 atom stereocenters. The number of benzene rings is 1. The number of morpholine rings is 1. The van der Waals surface area contributed by atoms with Crippen molar-refractivity contribution >= 4 is 21.6 Å². The minimum absolute atomic E-state index is 0.161. The average Bonchev–Trinajstić information content (AvgIpc) is 2.64. The molecule has 0 unspecified atom stereocenters. The van der Waals surface area contributed by atoms with Crippen LogP contribution in [0.3, 0.4) is 0 Å². The highest BCUT2D eigenvalue weighted by atomic mass is 32.2. The summed E-state index contributed by atoms with van der Waals surface area (Å²) < 4.78 is 32.4. The van der Waals surface area contributed by atoms with Gasteiger partial charge in [0.2, 0.25) is 10.0 Å². The van der Waals surface area contributed by atoms with Gasteiger partial charge >= 0.3 is 0 Å². The fourth-order valence-electron chi connectivity index (χ4n) is 2.59. The van der Waals surface area contributed by atoms with Gasteiger partial charge < -0.3 is 10.1 Å². The molecule has 3 rings (SSSR count). The summed E-state index contributed by atoms with van der Waals surface area (Å²) in [5, 5.41) is 2.67. The van der Waals surface area contributed by atoms with Crippen molar-refractivity contribution in [2.75, 3.05) is 31.6 Å². The van der Waals surface area contributed by atoms with Gasteiger partial charge in [-0.3, -0.25) is 9.78 Å². The van der Waals surface area contributed by atoms with Crippen LogP contribution in [0.15, 0.2) is 35.5 Å². The van der Waals surface area contributed by atoms with E-state index in [9.17, 15) is 13.2 Å². The zero-order valence-corrected chi connectivity index (χ0v) is 15.4. The molecule has 9 heteroatoms. The largest absolute Gasteiger partial charge is 0.379 e. The molecule has 8 nitrogen and oxygen atoms in total. The Morgan fingerprint density at radius 1 is 1.15 bits per heavy atom. The fraction of sp³-hybridized carbons (Fsp3) is 0.353. The monoisotopic (exact) mass is 376 g/mol. The highest BCUT2D eigenvalue weighted by Gasteiger charge is 2.28. The molecule has 0 bridgehead atoms. The first-order valence-electron chi connectivity index (χ1n) is 8.16. The molecule has 2 heterocycles. The van der Waals surface area contributed by atoms with Crippen molar-refractivity contribution in [2.24, 2.45) is 0 Å². The molecule has 1 aliphatic heterocycles. The lowest BCUT2D eigenvalue weighted by atomic mass is 10.2. The summed E-state index contributed by atoms with van der Waals surface area (Å²) in [5.41, 5.74) is 1.86. The Morgan fingerprint density at radius 3 is 2.54 bits per heavy atom. The maximum atomic E-state index is 12.9. The molecule has 1 aliphatic rings. The Balaban J connectivity index is 1.85. The third kappa shape index (κ3) is 3.90. The van der Waals surface area contributed by atoms with E-state index in [1.807, 2.05) is 0 Å². The van der Waals surface area contributed by atoms with E-state index in [0.29, 0.717) is 43.2 Å². The molecule has 0 aliphatic carbocycles. The van der Waals surface area contributed by atoms with Crippen molar-refractivity contribution in [3.63, 3.8) is 0 Å². The van der Waals surface area contributed by atoms with Crippen molar-refractivity contribution in [1.29, 1.82) is 0 Å². The fourth-order valence-corrected chi connectivity index (χ4v) is 4.25. The molecule has 1 amide bonds. The molecule has 138 valence electrons. The van der Waals surface area contributed by atoms with E-state index in [2.05, 4.69) is 15.3 Å². The van der Waals surface area contributed by atoms with Crippen LogP contribution >= 0.6 is 0 Å². The average molecular weight is 376 g/mol. The third-order valence-electron chi connectivity index (χ3n) is 4.05. The summed E-state index contributed by atoms with van der Waals surface area (Å²) in [4.78, 5) is 20.5. The third-order valence-corrected chi connectivity index (χ3v) is 6.09. The van der Waals surface area contributed by atoms with Crippen LogP contribution in [-0.2, 0) is 14.8 Å². The van der Waals surface area contributed by atoms with Crippen LogP contribution < -0.4 is 5.32 Å². The molecule has 0 radical (unpaired) electrons. The number of amides is 1. The van der Waals surface area contributed by atoms with Crippen LogP contribution in [0, 0.1) is 13.8 Å². The van der Waals surface area contributed by atoms with E-state index in [1.165, 1.54) is 22.8 Å². The smallest absolute Gasteiger partial charge is 0.275 e. The molecule has 0 saturated carbocycles. The highest BCUT2D eigenvalue weighted by Crippen LogP contribution is 2.24. The molecule has 26 heavy (non-hydrogen) atoms. The summed E-state index contributed by atoms with van der Waals surface area (Å²) in [6.45, 7) is 4.89. The standard InChI is InChI=1S/C17H20N4O4S/c1-12-3-4-14(20-17(22)15-11-18-13(2)10-19-15)9-16(12)26(23,24)21-5-7-25-8-6-21/h3-4,9-11H,5-8H2,1-2H3,(H,20,22). The van der Waals surface area contributed by atoms with Gasteiger partial charge in [0.05, 0.1) is 30.0 Å². The maximum Gasteiger partial charge on any atom is 0.275 e. The number of carbonyl (C=O) groups is 1. The van der Waals surface area contributed by atoms with Gasteiger partial charge in [-0.1, -0.05) is 6.07 Å². The van der Waals surface area contributed by atoms with E-state index in [0.717, 1.165) is 0 Å². The zero-order valence-electron chi connectivity index (χ0n) is 14.6. The van der Waals surface area contributed by atoms with Gasteiger partial charge in [-0.25, -0.2) is 13.4 Å². The first kappa shape index (κ1) is 18.4. The number of carbonyl (C=O) groups excluding carboxylic acids is 1. The van der Waals surface area contributed by atoms with Gasteiger partial charge in [-0.05, 0) is 31.5 Å². The number of rotatable bonds is 4. The van der Waals surface area contributed by atoms with Crippen molar-refractivity contribution in [1.82, 2.24) is 14.3 Å². The number of aryl methyl sites for hydroxylation is 2. The quantitative estimate of drug-likeness (QED) is 0.865. The van der Waals surface area contributed by atoms with E-state index in [-0.39, 0.29) is 10.6 Å². The Labute approximate surface area is 152 Å². The second-order valence-corrected chi connectivity index (χ2v) is 7.90. The summed E-state index contributed by atoms with van der Waals surface area (Å²) >= 11 is 0. The molecule has 1 saturated heterocycles. The number of anilines is 1. The predicted molar refractivity (Wildman–Crippen MR) is 95.5 cm³/mol. The van der Waals surface area contributed by atoms with Crippen LogP contribution in [-0.4, -0.2) is 54.9 Å². The van der Waals surface area contributed by atoms with E-state index < -0.39 is 15.9 Å². The molecule has 1 aromatic heterocycles. The van der Waals surface area contributed by atoms with Crippen LogP contribution in [0.2, 0.25) is 0 Å². The van der Waals surface area contributed by atoms with Crippen LogP contribution in [0.5, 0.6) is 0 Å². The topological polar surface area (TPSA) is 101 Å². The summed E-state index contributed by atoms with van der Waals surface area (Å²) in [6.07, 6.45) is 2.88. The molecule has 2 aromatic rings. The van der Waals surface area contributed by atoms with Crippen LogP contribution in [0.4, 0.5) is 5.69 Å². The van der Waals surface area contributed by atoms with Crippen molar-refractivity contribution in [3.05, 3.63) is 47.5 Å². The minimum Gasteiger partial charge on any atom is -0.379 e. The van der Waals surface area contributed by atoms with Crippen LogP contribution in [0.25, 0.3) is 0 Å². The maximum absolute atomic E-state index is 12.9. The normalized spacial score (nSPS) is 15.6. The number of nitrogens with zero attached hydrogens (tertiary/aromatic N) is 3. The summed E-state index contributed by atoms with van der Waals surface area (Å²) in [5.74, 6) is -0.448. The van der Waals surface area contributed by atoms with Crippen molar-refractivity contribution in [2.45, 2.75) is 18.7 Å². The Hall–Kier alpha value is -2.36. The Morgan fingerprint density at radius 2 is 1.88 bits per heavy atom. The molecule has 1 fully saturated rings. The van der Waals surface area contributed by atoms with Crippen molar-refractivity contribution < 1.29 is 17.9 Å². The van der Waals surface area contributed by atoms with Gasteiger partial charge in [0.25, 0.3) is 5.91 Å². The lowest BCUT2D eigenvalue weighted by Crippen LogP contribution is -2.40. The van der Waals surface area contributed by atoms with Gasteiger partial charge in [0, 0.05) is 25.0 Å². The molecule has 1 aromatic carbocycles. The first-order valence-corrected chi connectivity index (χ1v) is 9.60. The lowest BCUT2D eigenvalue weighted by Gasteiger charge is -2.26. The Bertz CT molecular complexity index is 907. The van der Waals surface area contributed by atoms with Gasteiger partial charge in [-0.2, -0.15) is 4.31 Å². The number of nitrogens with one attached hydrogen (secondary N) is 1. The van der Waals surface area contributed by atoms with Gasteiger partial charge in [-0.15, -0.1) is 0 Å². The second-order valence-electron chi connectivity index (χ2n) is 5.99. The van der Waals surface area contributed by atoms with Crippen molar-refractivity contribution in [3.8, 4) is 0 Å². The lowest BCUT2D eigenvalue weighted by molar-refractivity contribution is 0.0730. The summed E-state index contributed by atoms with van der Waals surface area (Å²) in [6, 6.07) is 4.80.